The predicted molar refractivity (Wildman–Crippen MR) is 45.1 cm³/mol. The minimum atomic E-state index is -3.21. The maximum Gasteiger partial charge on any atom is 0.211 e. The fraction of sp³-hybridized carbons (Fsp3) is 1.00. The smallest absolute Gasteiger partial charge is 0.211 e. The lowest BCUT2D eigenvalue weighted by atomic mass is 10.6. The van der Waals surface area contributed by atoms with Gasteiger partial charge in [-0.05, 0) is 6.42 Å². The van der Waals surface area contributed by atoms with Crippen LogP contribution in [0.25, 0.3) is 0 Å². The molecule has 0 radical (unpaired) electrons. The van der Waals surface area contributed by atoms with Crippen LogP contribution in [0.15, 0.2) is 0 Å². The minimum absolute atomic E-state index is 0.00463. The molecule has 1 heterocycles. The average molecular weight is 213 g/mol. The van der Waals surface area contributed by atoms with Gasteiger partial charge in [-0.25, -0.2) is 21.6 Å². The molecule has 0 amide bonds. The van der Waals surface area contributed by atoms with Crippen LogP contribution in [0.2, 0.25) is 0 Å². The van der Waals surface area contributed by atoms with Gasteiger partial charge in [-0.2, -0.15) is 0 Å². The van der Waals surface area contributed by atoms with Crippen LogP contribution in [0.4, 0.5) is 0 Å². The Morgan fingerprint density at radius 3 is 2.25 bits per heavy atom. The van der Waals surface area contributed by atoms with Crippen molar-refractivity contribution in [3.05, 3.63) is 0 Å². The fourth-order valence-electron chi connectivity index (χ4n) is 0.996. The molecule has 0 aliphatic carbocycles. The van der Waals surface area contributed by atoms with Crippen LogP contribution in [0, 0.1) is 0 Å². The molecule has 12 heavy (non-hydrogen) atoms. The molecule has 1 saturated heterocycles. The second-order valence-corrected chi connectivity index (χ2v) is 6.95. The van der Waals surface area contributed by atoms with Crippen molar-refractivity contribution in [2.75, 3.05) is 23.8 Å². The third-order valence-electron chi connectivity index (χ3n) is 1.60. The molecule has 1 aliphatic rings. The molecule has 0 aromatic rings. The summed E-state index contributed by atoms with van der Waals surface area (Å²) >= 11 is 0. The van der Waals surface area contributed by atoms with Gasteiger partial charge in [0.25, 0.3) is 0 Å². The molecular weight excluding hydrogens is 202 g/mol. The summed E-state index contributed by atoms with van der Waals surface area (Å²) in [6.07, 6.45) is 0.192. The maximum atomic E-state index is 11.0. The van der Waals surface area contributed by atoms with Crippen LogP contribution < -0.4 is 4.72 Å². The van der Waals surface area contributed by atoms with Crippen molar-refractivity contribution in [1.82, 2.24) is 4.72 Å². The maximum absolute atomic E-state index is 11.0. The minimum Gasteiger partial charge on any atom is -0.229 e. The largest absolute Gasteiger partial charge is 0.229 e. The summed E-state index contributed by atoms with van der Waals surface area (Å²) in [7, 11) is -6.23. The number of nitrogens with one attached hydrogen (secondary N) is 1. The monoisotopic (exact) mass is 213 g/mol. The van der Waals surface area contributed by atoms with Crippen LogP contribution in [0.1, 0.15) is 6.42 Å². The van der Waals surface area contributed by atoms with Gasteiger partial charge in [0, 0.05) is 6.54 Å². The summed E-state index contributed by atoms with van der Waals surface area (Å²) < 4.78 is 46.1. The standard InChI is InChI=1S/C5H11NO4S2/c7-11(8)3-1-4-12(9,10)6-2-5-11/h6H,1-5H2. The zero-order valence-electron chi connectivity index (χ0n) is 6.49. The number of sulfonamides is 1. The highest BCUT2D eigenvalue weighted by Crippen LogP contribution is 2.00. The van der Waals surface area contributed by atoms with Crippen molar-refractivity contribution in [3.8, 4) is 0 Å². The summed E-state index contributed by atoms with van der Waals surface area (Å²) in [4.78, 5) is 0. The van der Waals surface area contributed by atoms with Gasteiger partial charge in [-0.1, -0.05) is 0 Å². The summed E-state index contributed by atoms with van der Waals surface area (Å²) in [5.74, 6) is -0.202. The van der Waals surface area contributed by atoms with Crippen LogP contribution in [-0.4, -0.2) is 40.6 Å². The first kappa shape index (κ1) is 9.94. The molecule has 0 aromatic heterocycles. The van der Waals surface area contributed by atoms with Crippen molar-refractivity contribution in [3.63, 3.8) is 0 Å². The van der Waals surface area contributed by atoms with Gasteiger partial charge in [0.1, 0.15) is 0 Å². The molecule has 5 nitrogen and oxygen atoms in total. The summed E-state index contributed by atoms with van der Waals surface area (Å²) in [6, 6.07) is 0. The third-order valence-corrected chi connectivity index (χ3v) is 4.81. The summed E-state index contributed by atoms with van der Waals surface area (Å²) in [5.41, 5.74) is 0. The number of hydrogen-bond acceptors (Lipinski definition) is 4. The molecule has 0 unspecified atom stereocenters. The van der Waals surface area contributed by atoms with Crippen molar-refractivity contribution in [1.29, 1.82) is 0 Å². The molecule has 7 heteroatoms. The van der Waals surface area contributed by atoms with Crippen molar-refractivity contribution in [2.45, 2.75) is 6.42 Å². The molecule has 72 valence electrons. The Morgan fingerprint density at radius 1 is 0.917 bits per heavy atom. The van der Waals surface area contributed by atoms with Crippen LogP contribution >= 0.6 is 0 Å². The molecule has 1 rings (SSSR count). The van der Waals surface area contributed by atoms with Gasteiger partial charge in [0.2, 0.25) is 10.0 Å². The molecule has 0 spiro atoms. The second kappa shape index (κ2) is 3.31. The van der Waals surface area contributed by atoms with E-state index in [9.17, 15) is 16.8 Å². The molecule has 1 aliphatic heterocycles. The first-order valence-corrected chi connectivity index (χ1v) is 7.06. The van der Waals surface area contributed by atoms with Gasteiger partial charge in [0.05, 0.1) is 17.3 Å². The Kier molecular flexibility index (Phi) is 2.74. The Bertz CT molecular complexity index is 286. The normalized spacial score (nSPS) is 28.7. The molecule has 0 bridgehead atoms. The molecule has 0 aromatic carbocycles. The lowest BCUT2D eigenvalue weighted by molar-refractivity contribution is 0.573. The molecule has 0 atom stereocenters. The molecular formula is C5H11NO4S2. The van der Waals surface area contributed by atoms with Crippen molar-refractivity contribution in [2.24, 2.45) is 0 Å². The zero-order valence-corrected chi connectivity index (χ0v) is 8.12. The highest BCUT2D eigenvalue weighted by molar-refractivity contribution is 7.92. The van der Waals surface area contributed by atoms with Crippen LogP contribution in [0.3, 0.4) is 0 Å². The van der Waals surface area contributed by atoms with Crippen LogP contribution in [-0.2, 0) is 19.9 Å². The van der Waals surface area contributed by atoms with E-state index in [0.717, 1.165) is 0 Å². The Morgan fingerprint density at radius 2 is 1.58 bits per heavy atom. The van der Waals surface area contributed by atoms with E-state index in [1.807, 2.05) is 0 Å². The van der Waals surface area contributed by atoms with E-state index in [1.54, 1.807) is 0 Å². The van der Waals surface area contributed by atoms with E-state index in [1.165, 1.54) is 0 Å². The van der Waals surface area contributed by atoms with E-state index >= 15 is 0 Å². The number of hydrogen-bond donors (Lipinski definition) is 1. The molecule has 1 N–H and O–H groups in total. The van der Waals surface area contributed by atoms with E-state index < -0.39 is 19.9 Å². The predicted octanol–water partition coefficient (Wildman–Crippen LogP) is -1.28. The van der Waals surface area contributed by atoms with Crippen molar-refractivity contribution < 1.29 is 16.8 Å². The highest BCUT2D eigenvalue weighted by atomic mass is 32.2. The third kappa shape index (κ3) is 3.08. The van der Waals surface area contributed by atoms with E-state index in [-0.39, 0.29) is 30.2 Å². The average Bonchev–Trinajstić information content (AvgIpc) is 1.82. The summed E-state index contributed by atoms with van der Waals surface area (Å²) in [5, 5.41) is 0. The SMILES string of the molecule is O=S1(=O)CCCS(=O)(=O)NCC1. The number of rotatable bonds is 0. The first-order valence-electron chi connectivity index (χ1n) is 3.59. The lowest BCUT2D eigenvalue weighted by Crippen LogP contribution is -2.35. The Hall–Kier alpha value is -0.140. The van der Waals surface area contributed by atoms with Gasteiger partial charge in [-0.3, -0.25) is 0 Å². The summed E-state index contributed by atoms with van der Waals surface area (Å²) in [6.45, 7) is 0.00463. The fourth-order valence-corrected chi connectivity index (χ4v) is 3.59. The van der Waals surface area contributed by atoms with Crippen LogP contribution in [0.5, 0.6) is 0 Å². The number of sulfone groups is 1. The first-order chi connectivity index (χ1) is 5.41. The van der Waals surface area contributed by atoms with Gasteiger partial charge in [-0.15, -0.1) is 0 Å². The van der Waals surface area contributed by atoms with Crippen molar-refractivity contribution >= 4 is 19.9 Å². The van der Waals surface area contributed by atoms with Gasteiger partial charge >= 0.3 is 0 Å². The second-order valence-electron chi connectivity index (χ2n) is 2.72. The quantitative estimate of drug-likeness (QED) is 0.544. The topological polar surface area (TPSA) is 80.3 Å². The van der Waals surface area contributed by atoms with E-state index in [2.05, 4.69) is 4.72 Å². The Labute approximate surface area is 72.1 Å². The van der Waals surface area contributed by atoms with E-state index in [0.29, 0.717) is 0 Å². The zero-order chi connectivity index (χ0) is 9.24. The Balaban J connectivity index is 2.69. The molecule has 1 fully saturated rings. The van der Waals surface area contributed by atoms with Gasteiger partial charge in [0.15, 0.2) is 9.84 Å². The molecule has 0 saturated carbocycles. The highest BCUT2D eigenvalue weighted by Gasteiger charge is 2.19. The van der Waals surface area contributed by atoms with Gasteiger partial charge < -0.3 is 0 Å². The lowest BCUT2D eigenvalue weighted by Gasteiger charge is -2.10. The van der Waals surface area contributed by atoms with E-state index in [4.69, 9.17) is 0 Å².